The minimum absolute atomic E-state index is 0. The predicted molar refractivity (Wildman–Crippen MR) is 92.4 cm³/mol. The number of aryl methyl sites for hydroxylation is 1. The van der Waals surface area contributed by atoms with Crippen molar-refractivity contribution in [3.63, 3.8) is 0 Å². The zero-order chi connectivity index (χ0) is 14.0. The summed E-state index contributed by atoms with van der Waals surface area (Å²) in [5, 5.41) is 3.89. The molecule has 0 radical (unpaired) electrons. The number of anilines is 1. The molecule has 1 amide bonds. The third kappa shape index (κ3) is 4.06. The molecule has 1 aromatic heterocycles. The standard InChI is InChI=1S/C15H19N3O.2ClH/c1-10-6-7-12(11-5-4-8-17-13(10)11)18-14(19)15(2,3)9-16;;/h4-8H,9,16H2,1-3H3,(H,18,19);2*1H. The van der Waals surface area contributed by atoms with Crippen molar-refractivity contribution in [3.8, 4) is 0 Å². The number of nitrogens with one attached hydrogen (secondary N) is 1. The molecule has 0 fully saturated rings. The van der Waals surface area contributed by atoms with Gasteiger partial charge in [-0.3, -0.25) is 9.78 Å². The summed E-state index contributed by atoms with van der Waals surface area (Å²) in [6.07, 6.45) is 1.75. The average molecular weight is 330 g/mol. The molecular formula is C15H21Cl2N3O. The maximum absolute atomic E-state index is 12.2. The van der Waals surface area contributed by atoms with Crippen molar-refractivity contribution in [2.24, 2.45) is 11.1 Å². The van der Waals surface area contributed by atoms with Gasteiger partial charge in [-0.25, -0.2) is 0 Å². The lowest BCUT2D eigenvalue weighted by molar-refractivity contribution is -0.123. The first-order valence-electron chi connectivity index (χ1n) is 6.31. The summed E-state index contributed by atoms with van der Waals surface area (Å²) in [5.74, 6) is -0.0796. The Labute approximate surface area is 137 Å². The van der Waals surface area contributed by atoms with Crippen LogP contribution in [-0.4, -0.2) is 17.4 Å². The number of pyridine rings is 1. The highest BCUT2D eigenvalue weighted by Crippen LogP contribution is 2.26. The topological polar surface area (TPSA) is 68.0 Å². The second-order valence-corrected chi connectivity index (χ2v) is 5.37. The average Bonchev–Trinajstić information content (AvgIpc) is 2.42. The summed E-state index contributed by atoms with van der Waals surface area (Å²) in [4.78, 5) is 16.5. The number of hydrogen-bond donors (Lipinski definition) is 2. The molecule has 0 aliphatic carbocycles. The highest BCUT2D eigenvalue weighted by Gasteiger charge is 2.26. The van der Waals surface area contributed by atoms with E-state index in [0.717, 1.165) is 22.2 Å². The number of fused-ring (bicyclic) bond motifs is 1. The van der Waals surface area contributed by atoms with Crippen LogP contribution in [0.15, 0.2) is 30.5 Å². The van der Waals surface area contributed by atoms with Crippen molar-refractivity contribution in [2.75, 3.05) is 11.9 Å². The van der Waals surface area contributed by atoms with Crippen molar-refractivity contribution < 1.29 is 4.79 Å². The first kappa shape index (κ1) is 19.6. The zero-order valence-corrected chi connectivity index (χ0v) is 14.0. The van der Waals surface area contributed by atoms with Gasteiger partial charge >= 0.3 is 0 Å². The summed E-state index contributed by atoms with van der Waals surface area (Å²) in [5.41, 5.74) is 7.82. The molecule has 4 nitrogen and oxygen atoms in total. The SMILES string of the molecule is Cc1ccc(NC(=O)C(C)(C)CN)c2cccnc12.Cl.Cl. The summed E-state index contributed by atoms with van der Waals surface area (Å²) in [7, 11) is 0. The summed E-state index contributed by atoms with van der Waals surface area (Å²) >= 11 is 0. The van der Waals surface area contributed by atoms with Gasteiger partial charge in [0.1, 0.15) is 0 Å². The van der Waals surface area contributed by atoms with Gasteiger partial charge in [-0.1, -0.05) is 6.07 Å². The molecule has 0 spiro atoms. The number of nitrogens with zero attached hydrogens (tertiary/aromatic N) is 1. The zero-order valence-electron chi connectivity index (χ0n) is 12.3. The van der Waals surface area contributed by atoms with Gasteiger partial charge in [-0.05, 0) is 44.5 Å². The Morgan fingerprint density at radius 2 is 1.95 bits per heavy atom. The van der Waals surface area contributed by atoms with Crippen molar-refractivity contribution in [1.29, 1.82) is 0 Å². The second-order valence-electron chi connectivity index (χ2n) is 5.37. The third-order valence-corrected chi connectivity index (χ3v) is 3.34. The molecule has 2 aromatic rings. The normalized spacial score (nSPS) is 10.5. The van der Waals surface area contributed by atoms with Crippen LogP contribution in [0, 0.1) is 12.3 Å². The number of hydrogen-bond acceptors (Lipinski definition) is 3. The molecule has 0 aliphatic heterocycles. The van der Waals surface area contributed by atoms with Crippen molar-refractivity contribution >= 4 is 47.3 Å². The highest BCUT2D eigenvalue weighted by molar-refractivity contribution is 6.03. The van der Waals surface area contributed by atoms with Gasteiger partial charge in [0, 0.05) is 18.1 Å². The van der Waals surface area contributed by atoms with Gasteiger partial charge in [-0.2, -0.15) is 0 Å². The van der Waals surface area contributed by atoms with Crippen LogP contribution in [0.4, 0.5) is 5.69 Å². The largest absolute Gasteiger partial charge is 0.329 e. The van der Waals surface area contributed by atoms with Crippen molar-refractivity contribution in [3.05, 3.63) is 36.0 Å². The molecule has 6 heteroatoms. The molecule has 0 unspecified atom stereocenters. The number of halogens is 2. The predicted octanol–water partition coefficient (Wildman–Crippen LogP) is 3.31. The van der Waals surface area contributed by atoms with Crippen LogP contribution in [0.3, 0.4) is 0 Å². The smallest absolute Gasteiger partial charge is 0.231 e. The molecule has 3 N–H and O–H groups in total. The number of aromatic nitrogens is 1. The van der Waals surface area contributed by atoms with Crippen LogP contribution in [0.1, 0.15) is 19.4 Å². The number of rotatable bonds is 3. The van der Waals surface area contributed by atoms with E-state index >= 15 is 0 Å². The Bertz CT molecular complexity index is 629. The van der Waals surface area contributed by atoms with Crippen LogP contribution >= 0.6 is 24.8 Å². The molecule has 0 atom stereocenters. The van der Waals surface area contributed by atoms with Crippen LogP contribution < -0.4 is 11.1 Å². The van der Waals surface area contributed by atoms with Gasteiger partial charge in [0.25, 0.3) is 0 Å². The molecule has 0 aliphatic rings. The molecule has 0 saturated heterocycles. The quantitative estimate of drug-likeness (QED) is 0.907. The van der Waals surface area contributed by atoms with Crippen molar-refractivity contribution in [2.45, 2.75) is 20.8 Å². The molecule has 1 heterocycles. The summed E-state index contributed by atoms with van der Waals surface area (Å²) < 4.78 is 0. The number of benzene rings is 1. The van der Waals surface area contributed by atoms with Gasteiger partial charge < -0.3 is 11.1 Å². The van der Waals surface area contributed by atoms with E-state index in [9.17, 15) is 4.79 Å². The van der Waals surface area contributed by atoms with Crippen LogP contribution in [0.2, 0.25) is 0 Å². The third-order valence-electron chi connectivity index (χ3n) is 3.34. The fraction of sp³-hybridized carbons (Fsp3) is 0.333. The fourth-order valence-corrected chi connectivity index (χ4v) is 1.81. The van der Waals surface area contributed by atoms with Crippen LogP contribution in [0.25, 0.3) is 10.9 Å². The molecule has 1 aromatic carbocycles. The number of nitrogens with two attached hydrogens (primary N) is 1. The molecule has 0 saturated carbocycles. The van der Waals surface area contributed by atoms with E-state index in [0.29, 0.717) is 6.54 Å². The minimum Gasteiger partial charge on any atom is -0.329 e. The van der Waals surface area contributed by atoms with E-state index in [-0.39, 0.29) is 30.7 Å². The molecule has 0 bridgehead atoms. The fourth-order valence-electron chi connectivity index (χ4n) is 1.81. The maximum atomic E-state index is 12.2. The van der Waals surface area contributed by atoms with E-state index in [1.807, 2.05) is 45.0 Å². The van der Waals surface area contributed by atoms with E-state index in [1.54, 1.807) is 6.20 Å². The van der Waals surface area contributed by atoms with Gasteiger partial charge in [0.2, 0.25) is 5.91 Å². The van der Waals surface area contributed by atoms with Crippen molar-refractivity contribution in [1.82, 2.24) is 4.98 Å². The van der Waals surface area contributed by atoms with E-state index < -0.39 is 5.41 Å². The molecule has 2 rings (SSSR count). The van der Waals surface area contributed by atoms with Gasteiger partial charge in [-0.15, -0.1) is 24.8 Å². The van der Waals surface area contributed by atoms with Crippen LogP contribution in [-0.2, 0) is 4.79 Å². The Hall–Kier alpha value is -1.36. The minimum atomic E-state index is -0.584. The molecule has 116 valence electrons. The lowest BCUT2D eigenvalue weighted by Crippen LogP contribution is -2.37. The molecule has 21 heavy (non-hydrogen) atoms. The Balaban J connectivity index is 0.00000200. The highest BCUT2D eigenvalue weighted by atomic mass is 35.5. The lowest BCUT2D eigenvalue weighted by Gasteiger charge is -2.22. The maximum Gasteiger partial charge on any atom is 0.231 e. The first-order valence-corrected chi connectivity index (χ1v) is 6.31. The Morgan fingerprint density at radius 1 is 1.29 bits per heavy atom. The number of carbonyl (C=O) groups excluding carboxylic acids is 1. The van der Waals surface area contributed by atoms with E-state index in [4.69, 9.17) is 5.73 Å². The number of carbonyl (C=O) groups is 1. The van der Waals surface area contributed by atoms with Gasteiger partial charge in [0.15, 0.2) is 0 Å². The van der Waals surface area contributed by atoms with E-state index in [1.165, 1.54) is 0 Å². The van der Waals surface area contributed by atoms with E-state index in [2.05, 4.69) is 10.3 Å². The lowest BCUT2D eigenvalue weighted by atomic mass is 9.92. The Kier molecular flexibility index (Phi) is 7.10. The first-order chi connectivity index (χ1) is 8.95. The Morgan fingerprint density at radius 3 is 2.57 bits per heavy atom. The van der Waals surface area contributed by atoms with Gasteiger partial charge in [0.05, 0.1) is 16.6 Å². The van der Waals surface area contributed by atoms with Crippen LogP contribution in [0.5, 0.6) is 0 Å². The molecular weight excluding hydrogens is 309 g/mol. The summed E-state index contributed by atoms with van der Waals surface area (Å²) in [6.45, 7) is 5.97. The summed E-state index contributed by atoms with van der Waals surface area (Å²) in [6, 6.07) is 7.69. The number of amides is 1. The second kappa shape index (κ2) is 7.59. The monoisotopic (exact) mass is 329 g/mol.